The third-order valence-electron chi connectivity index (χ3n) is 3.21. The Morgan fingerprint density at radius 2 is 1.84 bits per heavy atom. The highest BCUT2D eigenvalue weighted by atomic mass is 79.9. The molecule has 0 amide bonds. The van der Waals surface area contributed by atoms with E-state index < -0.39 is 11.9 Å². The molecule has 0 radical (unpaired) electrons. The van der Waals surface area contributed by atoms with Crippen LogP contribution < -0.4 is 0 Å². The number of hydrogen-bond donors (Lipinski definition) is 1. The van der Waals surface area contributed by atoms with E-state index in [-0.39, 0.29) is 10.6 Å². The lowest BCUT2D eigenvalue weighted by Crippen LogP contribution is -2.04. The molecule has 2 rings (SSSR count). The molecular weight excluding hydrogens is 331 g/mol. The number of aliphatic hydroxyl groups excluding tert-OH is 1. The zero-order valence-electron chi connectivity index (χ0n) is 10.5. The van der Waals surface area contributed by atoms with E-state index >= 15 is 0 Å². The summed E-state index contributed by atoms with van der Waals surface area (Å²) < 4.78 is 14.5. The molecule has 4 heteroatoms. The monoisotopic (exact) mass is 342 g/mol. The maximum Gasteiger partial charge on any atom is 0.149 e. The normalized spacial score (nSPS) is 12.5. The maximum atomic E-state index is 14.1. The van der Waals surface area contributed by atoms with Crippen LogP contribution in [0.3, 0.4) is 0 Å². The second kappa shape index (κ2) is 5.61. The summed E-state index contributed by atoms with van der Waals surface area (Å²) in [7, 11) is 0. The average molecular weight is 344 g/mol. The molecule has 0 bridgehead atoms. The zero-order valence-corrected chi connectivity index (χ0v) is 12.9. The molecule has 0 saturated heterocycles. The molecule has 0 aromatic heterocycles. The van der Waals surface area contributed by atoms with Gasteiger partial charge in [0.05, 0.1) is 5.02 Å². The largest absolute Gasteiger partial charge is 0.384 e. The fourth-order valence-corrected chi connectivity index (χ4v) is 2.34. The molecule has 0 aliphatic rings. The second-order valence-corrected chi connectivity index (χ2v) is 5.74. The molecule has 0 fully saturated rings. The smallest absolute Gasteiger partial charge is 0.149 e. The number of benzene rings is 2. The molecule has 0 aliphatic carbocycles. The van der Waals surface area contributed by atoms with Gasteiger partial charge in [-0.15, -0.1) is 0 Å². The number of aliphatic hydroxyl groups is 1. The van der Waals surface area contributed by atoms with Gasteiger partial charge in [-0.1, -0.05) is 35.9 Å². The lowest BCUT2D eigenvalue weighted by molar-refractivity contribution is 0.215. The lowest BCUT2D eigenvalue weighted by atomic mass is 9.97. The van der Waals surface area contributed by atoms with E-state index in [1.807, 2.05) is 26.0 Å². The Bertz CT molecular complexity index is 628. The van der Waals surface area contributed by atoms with Crippen molar-refractivity contribution in [3.05, 3.63) is 67.9 Å². The van der Waals surface area contributed by atoms with E-state index in [4.69, 9.17) is 11.6 Å². The van der Waals surface area contributed by atoms with E-state index in [1.165, 1.54) is 6.07 Å². The Morgan fingerprint density at radius 3 is 2.47 bits per heavy atom. The lowest BCUT2D eigenvalue weighted by Gasteiger charge is -2.15. The molecule has 1 N–H and O–H groups in total. The van der Waals surface area contributed by atoms with E-state index in [0.717, 1.165) is 11.1 Å². The fourth-order valence-electron chi connectivity index (χ4n) is 1.87. The van der Waals surface area contributed by atoms with Crippen molar-refractivity contribution in [2.75, 3.05) is 0 Å². The maximum absolute atomic E-state index is 14.1. The van der Waals surface area contributed by atoms with Crippen molar-refractivity contribution < 1.29 is 9.50 Å². The van der Waals surface area contributed by atoms with Crippen LogP contribution in [0.2, 0.25) is 5.02 Å². The standard InChI is InChI=1S/C15H13BrClFO/c1-8-3-4-10(7-9(8)2)15(19)11-5-6-12(16)13(17)14(11)18/h3-7,15,19H,1-2H3. The minimum Gasteiger partial charge on any atom is -0.384 e. The minimum absolute atomic E-state index is 0.0135. The van der Waals surface area contributed by atoms with Gasteiger partial charge < -0.3 is 5.11 Å². The van der Waals surface area contributed by atoms with Crippen LogP contribution >= 0.6 is 27.5 Å². The summed E-state index contributed by atoms with van der Waals surface area (Å²) in [5, 5.41) is 10.3. The highest BCUT2D eigenvalue weighted by molar-refractivity contribution is 9.10. The Morgan fingerprint density at radius 1 is 1.16 bits per heavy atom. The molecular formula is C15H13BrClFO. The van der Waals surface area contributed by atoms with Gasteiger partial charge in [0.2, 0.25) is 0 Å². The van der Waals surface area contributed by atoms with Gasteiger partial charge in [0, 0.05) is 10.0 Å². The van der Waals surface area contributed by atoms with Crippen LogP contribution in [0.1, 0.15) is 28.4 Å². The minimum atomic E-state index is -1.02. The van der Waals surface area contributed by atoms with Crippen LogP contribution in [-0.2, 0) is 0 Å². The third-order valence-corrected chi connectivity index (χ3v) is 4.46. The molecule has 0 heterocycles. The van der Waals surface area contributed by atoms with E-state index in [9.17, 15) is 9.50 Å². The number of hydrogen-bond acceptors (Lipinski definition) is 1. The summed E-state index contributed by atoms with van der Waals surface area (Å²) >= 11 is 8.99. The topological polar surface area (TPSA) is 20.2 Å². The van der Waals surface area contributed by atoms with E-state index in [0.29, 0.717) is 10.0 Å². The first kappa shape index (κ1) is 14.5. The predicted octanol–water partition coefficient (Wildman–Crippen LogP) is 4.94. The van der Waals surface area contributed by atoms with Crippen LogP contribution in [0, 0.1) is 19.7 Å². The Labute approximate surface area is 125 Å². The van der Waals surface area contributed by atoms with Gasteiger partial charge in [0.15, 0.2) is 0 Å². The van der Waals surface area contributed by atoms with Crippen molar-refractivity contribution >= 4 is 27.5 Å². The van der Waals surface area contributed by atoms with Crippen LogP contribution in [-0.4, -0.2) is 5.11 Å². The van der Waals surface area contributed by atoms with Gasteiger partial charge in [-0.05, 0) is 52.5 Å². The van der Waals surface area contributed by atoms with Gasteiger partial charge in [0.25, 0.3) is 0 Å². The van der Waals surface area contributed by atoms with Gasteiger partial charge in [0.1, 0.15) is 11.9 Å². The van der Waals surface area contributed by atoms with E-state index in [2.05, 4.69) is 15.9 Å². The Balaban J connectivity index is 2.47. The van der Waals surface area contributed by atoms with Gasteiger partial charge in [-0.25, -0.2) is 4.39 Å². The molecule has 0 aliphatic heterocycles. The highest BCUT2D eigenvalue weighted by Gasteiger charge is 2.18. The van der Waals surface area contributed by atoms with Crippen LogP contribution in [0.4, 0.5) is 4.39 Å². The first-order valence-electron chi connectivity index (χ1n) is 5.80. The van der Waals surface area contributed by atoms with Crippen molar-refractivity contribution in [2.24, 2.45) is 0 Å². The van der Waals surface area contributed by atoms with Crippen LogP contribution in [0.15, 0.2) is 34.8 Å². The number of aryl methyl sites for hydroxylation is 2. The second-order valence-electron chi connectivity index (χ2n) is 4.51. The Hall–Kier alpha value is -0.900. The summed E-state index contributed by atoms with van der Waals surface area (Å²) in [6.45, 7) is 3.94. The summed E-state index contributed by atoms with van der Waals surface area (Å²) in [6, 6.07) is 8.72. The molecule has 1 atom stereocenters. The average Bonchev–Trinajstić information content (AvgIpc) is 2.39. The zero-order chi connectivity index (χ0) is 14.2. The molecule has 1 nitrogen and oxygen atoms in total. The van der Waals surface area contributed by atoms with Gasteiger partial charge in [-0.3, -0.25) is 0 Å². The predicted molar refractivity (Wildman–Crippen MR) is 79.1 cm³/mol. The molecule has 1 unspecified atom stereocenters. The molecule has 100 valence electrons. The SMILES string of the molecule is Cc1ccc(C(O)c2ccc(Br)c(Cl)c2F)cc1C. The quantitative estimate of drug-likeness (QED) is 0.766. The number of rotatable bonds is 2. The van der Waals surface area contributed by atoms with Crippen molar-refractivity contribution in [3.8, 4) is 0 Å². The van der Waals surface area contributed by atoms with Crippen molar-refractivity contribution in [1.29, 1.82) is 0 Å². The summed E-state index contributed by atoms with van der Waals surface area (Å²) in [6.07, 6.45) is -1.02. The number of halogens is 3. The van der Waals surface area contributed by atoms with Crippen molar-refractivity contribution in [3.63, 3.8) is 0 Å². The molecule has 2 aromatic rings. The Kier molecular flexibility index (Phi) is 4.29. The first-order chi connectivity index (χ1) is 8.91. The van der Waals surface area contributed by atoms with Crippen molar-refractivity contribution in [2.45, 2.75) is 20.0 Å². The van der Waals surface area contributed by atoms with Gasteiger partial charge in [-0.2, -0.15) is 0 Å². The first-order valence-corrected chi connectivity index (χ1v) is 6.97. The summed E-state index contributed by atoms with van der Waals surface area (Å²) in [4.78, 5) is 0. The molecule has 0 spiro atoms. The summed E-state index contributed by atoms with van der Waals surface area (Å²) in [5.74, 6) is -0.596. The van der Waals surface area contributed by atoms with Crippen molar-refractivity contribution in [1.82, 2.24) is 0 Å². The van der Waals surface area contributed by atoms with Crippen LogP contribution in [0.25, 0.3) is 0 Å². The van der Waals surface area contributed by atoms with Crippen LogP contribution in [0.5, 0.6) is 0 Å². The highest BCUT2D eigenvalue weighted by Crippen LogP contribution is 2.33. The van der Waals surface area contributed by atoms with E-state index in [1.54, 1.807) is 12.1 Å². The third kappa shape index (κ3) is 2.83. The summed E-state index contributed by atoms with van der Waals surface area (Å²) in [5.41, 5.74) is 3.02. The molecule has 0 saturated carbocycles. The van der Waals surface area contributed by atoms with Gasteiger partial charge >= 0.3 is 0 Å². The molecule has 19 heavy (non-hydrogen) atoms. The fraction of sp³-hybridized carbons (Fsp3) is 0.200. The molecule has 2 aromatic carbocycles.